The second-order valence-corrected chi connectivity index (χ2v) is 6.16. The van der Waals surface area contributed by atoms with Crippen LogP contribution in [0.15, 0.2) is 42.5 Å². The van der Waals surface area contributed by atoms with Crippen LogP contribution in [-0.4, -0.2) is 24.9 Å². The second-order valence-electron chi connectivity index (χ2n) is 5.72. The lowest BCUT2D eigenvalue weighted by Crippen LogP contribution is -2.37. The molecule has 0 atom stereocenters. The Bertz CT molecular complexity index is 742. The van der Waals surface area contributed by atoms with Gasteiger partial charge in [0.15, 0.2) is 0 Å². The lowest BCUT2D eigenvalue weighted by Gasteiger charge is -2.23. The maximum Gasteiger partial charge on any atom is 0.251 e. The Kier molecular flexibility index (Phi) is 5.99. The summed E-state index contributed by atoms with van der Waals surface area (Å²) in [6.07, 6.45) is 0. The van der Waals surface area contributed by atoms with Gasteiger partial charge in [0.1, 0.15) is 0 Å². The van der Waals surface area contributed by atoms with Crippen LogP contribution in [0.3, 0.4) is 0 Å². The monoisotopic (exact) mass is 344 g/mol. The second kappa shape index (κ2) is 7.97. The first-order valence-corrected chi connectivity index (χ1v) is 8.15. The van der Waals surface area contributed by atoms with Crippen LogP contribution in [-0.2, 0) is 4.79 Å². The third kappa shape index (κ3) is 4.59. The van der Waals surface area contributed by atoms with Crippen LogP contribution in [0.1, 0.15) is 28.4 Å². The number of nitrogens with zero attached hydrogens (tertiary/aromatic N) is 1. The van der Waals surface area contributed by atoms with Gasteiger partial charge in [-0.25, -0.2) is 0 Å². The summed E-state index contributed by atoms with van der Waals surface area (Å²) in [6.45, 7) is 6.16. The van der Waals surface area contributed by atoms with Crippen LogP contribution in [0.5, 0.6) is 0 Å². The Morgan fingerprint density at radius 1 is 1.08 bits per heavy atom. The fourth-order valence-electron chi connectivity index (χ4n) is 2.46. The zero-order valence-electron chi connectivity index (χ0n) is 14.1. The number of carbonyl (C=O) groups excluding carboxylic acids is 2. The summed E-state index contributed by atoms with van der Waals surface area (Å²) in [4.78, 5) is 25.7. The standard InChI is InChI=1S/C19H21ClN2O2/c1-13-4-6-16(7-5-13)19(24)21-10-11-22(15(3)23)18-9-8-17(20)12-14(18)2/h4-9,12H,10-11H2,1-3H3,(H,21,24). The third-order valence-electron chi connectivity index (χ3n) is 3.76. The van der Waals surface area contributed by atoms with E-state index in [0.29, 0.717) is 23.7 Å². The summed E-state index contributed by atoms with van der Waals surface area (Å²) in [7, 11) is 0. The lowest BCUT2D eigenvalue weighted by molar-refractivity contribution is -0.116. The summed E-state index contributed by atoms with van der Waals surface area (Å²) < 4.78 is 0. The van der Waals surface area contributed by atoms with Gasteiger partial charge in [0.05, 0.1) is 0 Å². The van der Waals surface area contributed by atoms with E-state index in [1.54, 1.807) is 23.1 Å². The minimum absolute atomic E-state index is 0.0787. The molecule has 0 unspecified atom stereocenters. The van der Waals surface area contributed by atoms with Crippen molar-refractivity contribution in [3.63, 3.8) is 0 Å². The Balaban J connectivity index is 2.00. The predicted octanol–water partition coefficient (Wildman–Crippen LogP) is 3.74. The molecule has 0 radical (unpaired) electrons. The molecule has 2 aromatic carbocycles. The van der Waals surface area contributed by atoms with Crippen molar-refractivity contribution >= 4 is 29.1 Å². The predicted molar refractivity (Wildman–Crippen MR) is 97.7 cm³/mol. The van der Waals surface area contributed by atoms with E-state index < -0.39 is 0 Å². The summed E-state index contributed by atoms with van der Waals surface area (Å²) in [5, 5.41) is 3.48. The molecular weight excluding hydrogens is 324 g/mol. The smallest absolute Gasteiger partial charge is 0.251 e. The van der Waals surface area contributed by atoms with E-state index in [2.05, 4.69) is 5.32 Å². The molecule has 0 saturated carbocycles. The molecule has 4 nitrogen and oxygen atoms in total. The molecule has 126 valence electrons. The summed E-state index contributed by atoms with van der Waals surface area (Å²) >= 11 is 5.97. The molecule has 0 aliphatic heterocycles. The topological polar surface area (TPSA) is 49.4 Å². The highest BCUT2D eigenvalue weighted by molar-refractivity contribution is 6.30. The first kappa shape index (κ1) is 18.0. The Morgan fingerprint density at radius 2 is 1.75 bits per heavy atom. The molecular formula is C19H21ClN2O2. The van der Waals surface area contributed by atoms with Gasteiger partial charge in [0.25, 0.3) is 5.91 Å². The van der Waals surface area contributed by atoms with Gasteiger partial charge in [0.2, 0.25) is 5.91 Å². The average Bonchev–Trinajstić information content (AvgIpc) is 2.52. The summed E-state index contributed by atoms with van der Waals surface area (Å²) in [5.41, 5.74) is 3.43. The molecule has 0 heterocycles. The van der Waals surface area contributed by atoms with Crippen molar-refractivity contribution in [1.82, 2.24) is 5.32 Å². The quantitative estimate of drug-likeness (QED) is 0.898. The Hall–Kier alpha value is -2.33. The molecule has 0 fully saturated rings. The zero-order valence-corrected chi connectivity index (χ0v) is 14.9. The molecule has 5 heteroatoms. The summed E-state index contributed by atoms with van der Waals surface area (Å²) in [5.74, 6) is -0.226. The lowest BCUT2D eigenvalue weighted by atomic mass is 10.1. The van der Waals surface area contributed by atoms with Crippen LogP contribution in [0.25, 0.3) is 0 Å². The van der Waals surface area contributed by atoms with Crippen molar-refractivity contribution < 1.29 is 9.59 Å². The van der Waals surface area contributed by atoms with Gasteiger partial charge in [-0.3, -0.25) is 9.59 Å². The summed E-state index contributed by atoms with van der Waals surface area (Å²) in [6, 6.07) is 12.8. The molecule has 0 aromatic heterocycles. The van der Waals surface area contributed by atoms with Crippen LogP contribution < -0.4 is 10.2 Å². The molecule has 2 amide bonds. The van der Waals surface area contributed by atoms with Crippen molar-refractivity contribution in [2.45, 2.75) is 20.8 Å². The number of nitrogens with one attached hydrogen (secondary N) is 1. The molecule has 0 spiro atoms. The zero-order chi connectivity index (χ0) is 17.7. The number of hydrogen-bond donors (Lipinski definition) is 1. The number of aryl methyl sites for hydroxylation is 2. The maximum atomic E-state index is 12.1. The molecule has 0 saturated heterocycles. The minimum atomic E-state index is -0.147. The fraction of sp³-hybridized carbons (Fsp3) is 0.263. The van der Waals surface area contributed by atoms with Gasteiger partial charge in [-0.1, -0.05) is 29.3 Å². The van der Waals surface area contributed by atoms with Gasteiger partial charge >= 0.3 is 0 Å². The molecule has 24 heavy (non-hydrogen) atoms. The van der Waals surface area contributed by atoms with Gasteiger partial charge in [-0.05, 0) is 49.7 Å². The molecule has 0 aliphatic carbocycles. The van der Waals surface area contributed by atoms with Crippen molar-refractivity contribution in [3.05, 3.63) is 64.2 Å². The van der Waals surface area contributed by atoms with Gasteiger partial charge < -0.3 is 10.2 Å². The number of rotatable bonds is 5. The van der Waals surface area contributed by atoms with Gasteiger partial charge in [0, 0.05) is 36.3 Å². The van der Waals surface area contributed by atoms with Crippen LogP contribution >= 0.6 is 11.6 Å². The van der Waals surface area contributed by atoms with E-state index in [4.69, 9.17) is 11.6 Å². The normalized spacial score (nSPS) is 10.3. The van der Waals surface area contributed by atoms with Gasteiger partial charge in [-0.15, -0.1) is 0 Å². The van der Waals surface area contributed by atoms with Crippen molar-refractivity contribution in [2.24, 2.45) is 0 Å². The molecule has 2 aromatic rings. The van der Waals surface area contributed by atoms with Crippen molar-refractivity contribution in [1.29, 1.82) is 0 Å². The minimum Gasteiger partial charge on any atom is -0.350 e. The van der Waals surface area contributed by atoms with Crippen molar-refractivity contribution in [2.75, 3.05) is 18.0 Å². The number of halogens is 1. The van der Waals surface area contributed by atoms with E-state index in [1.807, 2.05) is 38.1 Å². The number of anilines is 1. The van der Waals surface area contributed by atoms with Crippen LogP contribution in [0, 0.1) is 13.8 Å². The van der Waals surface area contributed by atoms with E-state index >= 15 is 0 Å². The van der Waals surface area contributed by atoms with E-state index in [9.17, 15) is 9.59 Å². The molecule has 0 aliphatic rings. The average molecular weight is 345 g/mol. The van der Waals surface area contributed by atoms with E-state index in [1.165, 1.54) is 6.92 Å². The van der Waals surface area contributed by atoms with Crippen molar-refractivity contribution in [3.8, 4) is 0 Å². The molecule has 0 bridgehead atoms. The van der Waals surface area contributed by atoms with Crippen LogP contribution in [0.4, 0.5) is 5.69 Å². The van der Waals surface area contributed by atoms with Gasteiger partial charge in [-0.2, -0.15) is 0 Å². The maximum absolute atomic E-state index is 12.1. The highest BCUT2D eigenvalue weighted by Gasteiger charge is 2.14. The fourth-order valence-corrected chi connectivity index (χ4v) is 2.68. The number of amides is 2. The Morgan fingerprint density at radius 3 is 2.33 bits per heavy atom. The Labute approximate surface area is 147 Å². The highest BCUT2D eigenvalue weighted by atomic mass is 35.5. The van der Waals surface area contributed by atoms with E-state index in [-0.39, 0.29) is 11.8 Å². The van der Waals surface area contributed by atoms with Crippen LogP contribution in [0.2, 0.25) is 5.02 Å². The first-order chi connectivity index (χ1) is 11.4. The third-order valence-corrected chi connectivity index (χ3v) is 4.00. The molecule has 1 N–H and O–H groups in total. The number of benzene rings is 2. The first-order valence-electron chi connectivity index (χ1n) is 7.77. The SMILES string of the molecule is CC(=O)N(CCNC(=O)c1ccc(C)cc1)c1ccc(Cl)cc1C. The van der Waals surface area contributed by atoms with E-state index in [0.717, 1.165) is 16.8 Å². The molecule has 2 rings (SSSR count). The number of carbonyl (C=O) groups is 2. The highest BCUT2D eigenvalue weighted by Crippen LogP contribution is 2.23. The largest absolute Gasteiger partial charge is 0.350 e. The number of hydrogen-bond acceptors (Lipinski definition) is 2.